The number of halogens is 1. The number of benzene rings is 1. The molecule has 154 valence electrons. The van der Waals surface area contributed by atoms with Crippen molar-refractivity contribution in [3.05, 3.63) is 58.1 Å². The van der Waals surface area contributed by atoms with E-state index in [4.69, 9.17) is 20.4 Å². The fourth-order valence-corrected chi connectivity index (χ4v) is 4.73. The number of amides is 1. The van der Waals surface area contributed by atoms with Crippen LogP contribution in [0.3, 0.4) is 0 Å². The van der Waals surface area contributed by atoms with Crippen LogP contribution in [-0.4, -0.2) is 33.9 Å². The van der Waals surface area contributed by atoms with E-state index >= 15 is 0 Å². The summed E-state index contributed by atoms with van der Waals surface area (Å²) >= 11 is 7.54. The molecule has 1 saturated heterocycles. The fourth-order valence-electron chi connectivity index (χ4n) is 3.79. The van der Waals surface area contributed by atoms with E-state index in [9.17, 15) is 4.79 Å². The second kappa shape index (κ2) is 7.89. The van der Waals surface area contributed by atoms with Crippen molar-refractivity contribution in [3.63, 3.8) is 0 Å². The van der Waals surface area contributed by atoms with Gasteiger partial charge in [-0.25, -0.2) is 9.97 Å². The number of oxazole rings is 1. The third kappa shape index (κ3) is 3.87. The van der Waals surface area contributed by atoms with Crippen molar-refractivity contribution in [1.29, 1.82) is 0 Å². The number of fused-ring (bicyclic) bond motifs is 1. The monoisotopic (exact) mass is 441 g/mol. The number of nitrogens with zero attached hydrogens (tertiary/aromatic N) is 3. The summed E-state index contributed by atoms with van der Waals surface area (Å²) in [7, 11) is 0. The third-order valence-corrected chi connectivity index (χ3v) is 6.54. The zero-order valence-corrected chi connectivity index (χ0v) is 18.0. The quantitative estimate of drug-likeness (QED) is 0.420. The molecule has 3 aromatic heterocycles. The van der Waals surface area contributed by atoms with Crippen molar-refractivity contribution in [1.82, 2.24) is 14.9 Å². The molecular formula is C22H20ClN3O3S. The largest absolute Gasteiger partial charge is 0.459 e. The lowest BCUT2D eigenvalue weighted by Crippen LogP contribution is -2.38. The molecule has 0 atom stereocenters. The van der Waals surface area contributed by atoms with E-state index in [2.05, 4.69) is 9.97 Å². The van der Waals surface area contributed by atoms with E-state index < -0.39 is 0 Å². The lowest BCUT2D eigenvalue weighted by Gasteiger charge is -2.30. The molecule has 5 rings (SSSR count). The number of hydrogen-bond acceptors (Lipinski definition) is 6. The first-order valence-corrected chi connectivity index (χ1v) is 11.2. The standard InChI is InChI=1S/C22H20ClN3O3S/c1-13-2-4-19(28-13)22-24-16(12-30-22)11-20(27)26-8-6-14(7-9-26)21-25-17-10-15(23)3-5-18(17)29-21/h2-5,10,12,14H,6-9,11H2,1H3. The summed E-state index contributed by atoms with van der Waals surface area (Å²) in [6, 6.07) is 9.28. The van der Waals surface area contributed by atoms with Gasteiger partial charge < -0.3 is 13.7 Å². The van der Waals surface area contributed by atoms with Crippen LogP contribution in [0.2, 0.25) is 5.02 Å². The predicted octanol–water partition coefficient (Wildman–Crippen LogP) is 5.45. The molecule has 4 aromatic rings. The van der Waals surface area contributed by atoms with Gasteiger partial charge in [-0.3, -0.25) is 4.79 Å². The van der Waals surface area contributed by atoms with Crippen LogP contribution in [0.1, 0.15) is 36.1 Å². The fraction of sp³-hybridized carbons (Fsp3) is 0.318. The van der Waals surface area contributed by atoms with Gasteiger partial charge in [-0.15, -0.1) is 11.3 Å². The molecule has 0 aliphatic carbocycles. The molecule has 1 aliphatic heterocycles. The third-order valence-electron chi connectivity index (χ3n) is 5.40. The van der Waals surface area contributed by atoms with Gasteiger partial charge in [0.2, 0.25) is 5.91 Å². The molecule has 6 nitrogen and oxygen atoms in total. The summed E-state index contributed by atoms with van der Waals surface area (Å²) in [4.78, 5) is 23.8. The maximum Gasteiger partial charge on any atom is 0.228 e. The van der Waals surface area contributed by atoms with E-state index in [1.807, 2.05) is 41.5 Å². The second-order valence-corrected chi connectivity index (χ2v) is 8.84. The van der Waals surface area contributed by atoms with E-state index in [0.29, 0.717) is 24.5 Å². The van der Waals surface area contributed by atoms with Crippen LogP contribution in [0.4, 0.5) is 0 Å². The Hall–Kier alpha value is -2.64. The van der Waals surface area contributed by atoms with E-state index in [1.165, 1.54) is 11.3 Å². The highest BCUT2D eigenvalue weighted by Gasteiger charge is 2.27. The van der Waals surface area contributed by atoms with Crippen LogP contribution in [0.15, 0.2) is 44.5 Å². The minimum absolute atomic E-state index is 0.102. The molecule has 0 bridgehead atoms. The van der Waals surface area contributed by atoms with Crippen LogP contribution < -0.4 is 0 Å². The summed E-state index contributed by atoms with van der Waals surface area (Å²) in [5, 5.41) is 3.39. The highest BCUT2D eigenvalue weighted by Crippen LogP contribution is 2.31. The summed E-state index contributed by atoms with van der Waals surface area (Å²) in [5.41, 5.74) is 2.31. The van der Waals surface area contributed by atoms with E-state index in [1.54, 1.807) is 6.07 Å². The van der Waals surface area contributed by atoms with Crippen molar-refractivity contribution < 1.29 is 13.6 Å². The van der Waals surface area contributed by atoms with Gasteiger partial charge in [0.05, 0.1) is 12.1 Å². The number of rotatable bonds is 4. The SMILES string of the molecule is Cc1ccc(-c2nc(CC(=O)N3CCC(c4nc5cc(Cl)ccc5o4)CC3)cs2)o1. The van der Waals surface area contributed by atoms with Crippen LogP contribution in [0.5, 0.6) is 0 Å². The Bertz CT molecular complexity index is 1200. The van der Waals surface area contributed by atoms with Crippen molar-refractivity contribution in [2.75, 3.05) is 13.1 Å². The van der Waals surface area contributed by atoms with Gasteiger partial charge in [0.25, 0.3) is 0 Å². The molecule has 0 saturated carbocycles. The van der Waals surface area contributed by atoms with E-state index in [0.717, 1.165) is 52.1 Å². The van der Waals surface area contributed by atoms with Crippen LogP contribution in [0, 0.1) is 6.92 Å². The first-order valence-electron chi connectivity index (χ1n) is 9.90. The summed E-state index contributed by atoms with van der Waals surface area (Å²) < 4.78 is 11.5. The number of carbonyl (C=O) groups is 1. The lowest BCUT2D eigenvalue weighted by atomic mass is 9.96. The summed E-state index contributed by atoms with van der Waals surface area (Å²) in [5.74, 6) is 2.65. The molecule has 0 unspecified atom stereocenters. The molecule has 4 heterocycles. The zero-order valence-electron chi connectivity index (χ0n) is 16.4. The Morgan fingerprint density at radius 2 is 2.03 bits per heavy atom. The molecule has 1 fully saturated rings. The smallest absolute Gasteiger partial charge is 0.228 e. The molecule has 1 aromatic carbocycles. The van der Waals surface area contributed by atoms with Crippen molar-refractivity contribution >= 4 is 39.9 Å². The number of aryl methyl sites for hydroxylation is 1. The Morgan fingerprint density at radius 1 is 1.20 bits per heavy atom. The number of aromatic nitrogens is 2. The minimum Gasteiger partial charge on any atom is -0.459 e. The van der Waals surface area contributed by atoms with Crippen LogP contribution >= 0.6 is 22.9 Å². The number of furan rings is 1. The Labute approximate surface area is 182 Å². The number of likely N-dealkylation sites (tertiary alicyclic amines) is 1. The number of thiazole rings is 1. The van der Waals surface area contributed by atoms with Gasteiger partial charge in [-0.05, 0) is 50.1 Å². The van der Waals surface area contributed by atoms with Gasteiger partial charge >= 0.3 is 0 Å². The average molecular weight is 442 g/mol. The zero-order chi connectivity index (χ0) is 20.7. The van der Waals surface area contributed by atoms with E-state index in [-0.39, 0.29) is 11.8 Å². The average Bonchev–Trinajstić information content (AvgIpc) is 3.47. The topological polar surface area (TPSA) is 72.4 Å². The van der Waals surface area contributed by atoms with Crippen molar-refractivity contribution in [2.45, 2.75) is 32.1 Å². The Balaban J connectivity index is 1.20. The summed E-state index contributed by atoms with van der Waals surface area (Å²) in [6.45, 7) is 3.29. The predicted molar refractivity (Wildman–Crippen MR) is 116 cm³/mol. The molecule has 1 aliphatic rings. The second-order valence-electron chi connectivity index (χ2n) is 7.55. The lowest BCUT2D eigenvalue weighted by molar-refractivity contribution is -0.131. The minimum atomic E-state index is 0.102. The molecule has 0 N–H and O–H groups in total. The number of carbonyl (C=O) groups excluding carboxylic acids is 1. The molecule has 1 amide bonds. The van der Waals surface area contributed by atoms with Gasteiger partial charge in [0.1, 0.15) is 11.3 Å². The normalized spacial score (nSPS) is 15.2. The Morgan fingerprint density at radius 3 is 2.80 bits per heavy atom. The molecule has 30 heavy (non-hydrogen) atoms. The van der Waals surface area contributed by atoms with Crippen LogP contribution in [0.25, 0.3) is 21.9 Å². The molecule has 8 heteroatoms. The molecular weight excluding hydrogens is 422 g/mol. The molecule has 0 spiro atoms. The number of piperidine rings is 1. The maximum atomic E-state index is 12.8. The first kappa shape index (κ1) is 19.3. The first-order chi connectivity index (χ1) is 14.5. The highest BCUT2D eigenvalue weighted by molar-refractivity contribution is 7.13. The van der Waals surface area contributed by atoms with Crippen LogP contribution in [-0.2, 0) is 11.2 Å². The highest BCUT2D eigenvalue weighted by atomic mass is 35.5. The Kier molecular flexibility index (Phi) is 5.08. The summed E-state index contributed by atoms with van der Waals surface area (Å²) in [6.07, 6.45) is 1.98. The van der Waals surface area contributed by atoms with Gasteiger partial charge in [-0.2, -0.15) is 0 Å². The maximum absolute atomic E-state index is 12.8. The van der Waals surface area contributed by atoms with Gasteiger partial charge in [-0.1, -0.05) is 11.6 Å². The van der Waals surface area contributed by atoms with Gasteiger partial charge in [0.15, 0.2) is 22.2 Å². The molecule has 0 radical (unpaired) electrons. The van der Waals surface area contributed by atoms with Crippen molar-refractivity contribution in [3.8, 4) is 10.8 Å². The van der Waals surface area contributed by atoms with Crippen molar-refractivity contribution in [2.24, 2.45) is 0 Å². The number of hydrogen-bond donors (Lipinski definition) is 0. The van der Waals surface area contributed by atoms with Gasteiger partial charge in [0, 0.05) is 29.4 Å².